The Hall–Kier alpha value is -3.06. The van der Waals surface area contributed by atoms with Crippen LogP contribution in [-0.2, 0) is 6.16 Å². The second kappa shape index (κ2) is 9.39. The van der Waals surface area contributed by atoms with Crippen LogP contribution >= 0.6 is 19.7 Å². The van der Waals surface area contributed by atoms with Crippen LogP contribution in [0.15, 0.2) is 121 Å². The van der Waals surface area contributed by atoms with Crippen molar-refractivity contribution in [3.05, 3.63) is 127 Å². The molecule has 5 rings (SSSR count). The van der Waals surface area contributed by atoms with Gasteiger partial charge in [0.05, 0.1) is 16.7 Å². The van der Waals surface area contributed by atoms with Gasteiger partial charge in [-0.1, -0.05) is 54.6 Å². The predicted octanol–water partition coefficient (Wildman–Crippen LogP) is 5.55. The minimum absolute atomic E-state index is 0. The van der Waals surface area contributed by atoms with Crippen LogP contribution < -0.4 is 15.9 Å². The Labute approximate surface area is 189 Å². The molecule has 0 fully saturated rings. The van der Waals surface area contributed by atoms with Crippen LogP contribution in [0.3, 0.4) is 0 Å². The monoisotopic (exact) mass is 441 g/mol. The molecule has 0 atom stereocenters. The molecule has 0 radical (unpaired) electrons. The molecule has 2 nitrogen and oxygen atoms in total. The fourth-order valence-electron chi connectivity index (χ4n) is 4.10. The first kappa shape index (κ1) is 21.2. The van der Waals surface area contributed by atoms with E-state index in [4.69, 9.17) is 4.98 Å². The van der Waals surface area contributed by atoms with Gasteiger partial charge in [-0.05, 0) is 60.7 Å². The lowest BCUT2D eigenvalue weighted by atomic mass is 10.3. The molecule has 0 aliphatic rings. The maximum atomic E-state index is 5.00. The van der Waals surface area contributed by atoms with Gasteiger partial charge in [0.1, 0.15) is 29.3 Å². The molecule has 0 aliphatic carbocycles. The molecule has 0 aliphatic heterocycles. The minimum atomic E-state index is -1.94. The third kappa shape index (κ3) is 4.10. The van der Waals surface area contributed by atoms with Crippen LogP contribution in [0.5, 0.6) is 0 Å². The van der Waals surface area contributed by atoms with E-state index in [0.29, 0.717) is 0 Å². The number of aromatic nitrogens is 2. The van der Waals surface area contributed by atoms with Gasteiger partial charge in [0, 0.05) is 6.20 Å². The van der Waals surface area contributed by atoms with Crippen LogP contribution in [0.4, 0.5) is 0 Å². The summed E-state index contributed by atoms with van der Waals surface area (Å²) in [6.45, 7) is 0. The Morgan fingerprint density at radius 2 is 1.03 bits per heavy atom. The number of nitrogens with zero attached hydrogens (tertiary/aromatic N) is 2. The number of fused-ring (bicyclic) bond motifs is 1. The SMILES string of the molecule is Cl.c1ccc([P+](Cc2ccc3ncccc3n2)(c2ccccc2)c2ccccc2)cc1. The lowest BCUT2D eigenvalue weighted by molar-refractivity contribution is 1.20. The van der Waals surface area contributed by atoms with E-state index >= 15 is 0 Å². The average molecular weight is 442 g/mol. The van der Waals surface area contributed by atoms with Gasteiger partial charge in [0.25, 0.3) is 0 Å². The zero-order chi connectivity index (χ0) is 20.2. The zero-order valence-corrected chi connectivity index (χ0v) is 18.7. The summed E-state index contributed by atoms with van der Waals surface area (Å²) in [4.78, 5) is 9.44. The molecule has 0 saturated heterocycles. The summed E-state index contributed by atoms with van der Waals surface area (Å²) in [5, 5.41) is 4.11. The molecule has 152 valence electrons. The molecule has 0 amide bonds. The fourth-order valence-corrected chi connectivity index (χ4v) is 8.25. The van der Waals surface area contributed by atoms with E-state index < -0.39 is 7.26 Å². The van der Waals surface area contributed by atoms with Crippen molar-refractivity contribution in [2.75, 3.05) is 0 Å². The highest BCUT2D eigenvalue weighted by Crippen LogP contribution is 2.57. The molecular weight excluding hydrogens is 419 g/mol. The van der Waals surface area contributed by atoms with Crippen molar-refractivity contribution in [3.63, 3.8) is 0 Å². The second-order valence-electron chi connectivity index (χ2n) is 7.32. The maximum Gasteiger partial charge on any atom is 0.118 e. The number of rotatable bonds is 5. The molecule has 0 spiro atoms. The lowest BCUT2D eigenvalue weighted by Crippen LogP contribution is -2.32. The molecule has 0 unspecified atom stereocenters. The molecule has 2 heterocycles. The van der Waals surface area contributed by atoms with Gasteiger partial charge < -0.3 is 0 Å². The summed E-state index contributed by atoms with van der Waals surface area (Å²) in [6, 6.07) is 41.0. The van der Waals surface area contributed by atoms with Crippen LogP contribution in [0.25, 0.3) is 11.0 Å². The normalized spacial score (nSPS) is 11.1. The van der Waals surface area contributed by atoms with Crippen molar-refractivity contribution < 1.29 is 0 Å². The molecule has 0 N–H and O–H groups in total. The summed E-state index contributed by atoms with van der Waals surface area (Å²) < 4.78 is 0. The van der Waals surface area contributed by atoms with Crippen LogP contribution in [0, 0.1) is 0 Å². The van der Waals surface area contributed by atoms with Crippen molar-refractivity contribution in [3.8, 4) is 0 Å². The van der Waals surface area contributed by atoms with E-state index in [1.54, 1.807) is 0 Å². The van der Waals surface area contributed by atoms with Crippen LogP contribution in [0.1, 0.15) is 5.69 Å². The third-order valence-electron chi connectivity index (χ3n) is 5.50. The van der Waals surface area contributed by atoms with Crippen LogP contribution in [0.2, 0.25) is 0 Å². The third-order valence-corrected chi connectivity index (χ3v) is 9.84. The van der Waals surface area contributed by atoms with Crippen molar-refractivity contribution >= 4 is 46.6 Å². The molecule has 0 saturated carbocycles. The Morgan fingerprint density at radius 3 is 1.55 bits per heavy atom. The molecule has 5 aromatic rings. The fraction of sp³-hybridized carbons (Fsp3) is 0.0370. The molecular formula is C27H23ClN2P+. The Morgan fingerprint density at radius 1 is 0.516 bits per heavy atom. The first-order valence-corrected chi connectivity index (χ1v) is 12.1. The minimum Gasteiger partial charge on any atom is -0.255 e. The molecule has 31 heavy (non-hydrogen) atoms. The molecule has 3 aromatic carbocycles. The van der Waals surface area contributed by atoms with E-state index in [2.05, 4.69) is 108 Å². The molecule has 0 bridgehead atoms. The number of hydrogen-bond acceptors (Lipinski definition) is 2. The second-order valence-corrected chi connectivity index (χ2v) is 10.8. The van der Waals surface area contributed by atoms with E-state index in [1.165, 1.54) is 15.9 Å². The summed E-state index contributed by atoms with van der Waals surface area (Å²) >= 11 is 0. The van der Waals surface area contributed by atoms with Crippen molar-refractivity contribution in [1.29, 1.82) is 0 Å². The van der Waals surface area contributed by atoms with Gasteiger partial charge in [-0.3, -0.25) is 4.98 Å². The number of benzene rings is 3. The quantitative estimate of drug-likeness (QED) is 0.334. The standard InChI is InChI=1S/C27H22N2P.ClH/c1-4-11-23(12-5-1)30(24-13-6-2-7-14-24,25-15-8-3-9-16-25)21-22-18-19-26-27(29-22)17-10-20-28-26;/h1-20H,21H2;1H/q+1;. The predicted molar refractivity (Wildman–Crippen MR) is 136 cm³/mol. The summed E-state index contributed by atoms with van der Waals surface area (Å²) in [6.07, 6.45) is 2.69. The van der Waals surface area contributed by atoms with Gasteiger partial charge in [-0.25, -0.2) is 4.98 Å². The van der Waals surface area contributed by atoms with E-state index in [0.717, 1.165) is 22.9 Å². The van der Waals surface area contributed by atoms with Crippen molar-refractivity contribution in [1.82, 2.24) is 9.97 Å². The number of halogens is 1. The topological polar surface area (TPSA) is 25.8 Å². The van der Waals surface area contributed by atoms with Gasteiger partial charge in [0.2, 0.25) is 0 Å². The van der Waals surface area contributed by atoms with Gasteiger partial charge in [-0.2, -0.15) is 0 Å². The highest BCUT2D eigenvalue weighted by Gasteiger charge is 2.45. The average Bonchev–Trinajstić information content (AvgIpc) is 2.84. The first-order valence-electron chi connectivity index (χ1n) is 10.1. The highest BCUT2D eigenvalue weighted by atomic mass is 35.5. The molecule has 4 heteroatoms. The van der Waals surface area contributed by atoms with Crippen molar-refractivity contribution in [2.24, 2.45) is 0 Å². The first-order chi connectivity index (χ1) is 14.9. The largest absolute Gasteiger partial charge is 0.255 e. The van der Waals surface area contributed by atoms with Gasteiger partial charge in [0.15, 0.2) is 0 Å². The number of pyridine rings is 2. The summed E-state index contributed by atoms with van der Waals surface area (Å²) in [7, 11) is -1.94. The zero-order valence-electron chi connectivity index (χ0n) is 17.0. The van der Waals surface area contributed by atoms with E-state index in [9.17, 15) is 0 Å². The van der Waals surface area contributed by atoms with Crippen molar-refractivity contribution in [2.45, 2.75) is 6.16 Å². The Balaban J connectivity index is 0.00000231. The summed E-state index contributed by atoms with van der Waals surface area (Å²) in [5.41, 5.74) is 2.98. The van der Waals surface area contributed by atoms with Gasteiger partial charge in [-0.15, -0.1) is 12.4 Å². The van der Waals surface area contributed by atoms with E-state index in [1.807, 2.05) is 18.3 Å². The van der Waals surface area contributed by atoms with Gasteiger partial charge >= 0.3 is 0 Å². The Bertz CT molecular complexity index is 1170. The smallest absolute Gasteiger partial charge is 0.118 e. The molecule has 2 aromatic heterocycles. The van der Waals surface area contributed by atoms with Crippen LogP contribution in [-0.4, -0.2) is 9.97 Å². The summed E-state index contributed by atoms with van der Waals surface area (Å²) in [5.74, 6) is 0. The maximum absolute atomic E-state index is 5.00. The Kier molecular flexibility index (Phi) is 6.42. The lowest BCUT2D eigenvalue weighted by Gasteiger charge is -2.27. The van der Waals surface area contributed by atoms with E-state index in [-0.39, 0.29) is 12.4 Å². The highest BCUT2D eigenvalue weighted by molar-refractivity contribution is 7.95. The number of hydrogen-bond donors (Lipinski definition) is 0.